The van der Waals surface area contributed by atoms with Gasteiger partial charge in [0.1, 0.15) is 17.7 Å². The number of amides is 1. The number of hydrogen-bond acceptors (Lipinski definition) is 4. The molecule has 2 aliphatic heterocycles. The van der Waals surface area contributed by atoms with Crippen LogP contribution < -0.4 is 10.1 Å². The molecule has 118 valence electrons. The van der Waals surface area contributed by atoms with Crippen LogP contribution in [-0.2, 0) is 14.3 Å². The molecule has 1 aromatic rings. The lowest BCUT2D eigenvalue weighted by Gasteiger charge is -2.27. The second-order valence-corrected chi connectivity index (χ2v) is 5.41. The van der Waals surface area contributed by atoms with E-state index in [0.29, 0.717) is 37.2 Å². The van der Waals surface area contributed by atoms with Gasteiger partial charge in [0, 0.05) is 12.0 Å². The van der Waals surface area contributed by atoms with Crippen LogP contribution in [0.25, 0.3) is 0 Å². The maximum atomic E-state index is 13.4. The first kappa shape index (κ1) is 14.8. The maximum absolute atomic E-state index is 13.4. The average Bonchev–Trinajstić information content (AvgIpc) is 2.98. The molecule has 3 rings (SSSR count). The lowest BCUT2D eigenvalue weighted by molar-refractivity contribution is -0.152. The number of hydrogen-bond donors (Lipinski definition) is 2. The zero-order valence-electron chi connectivity index (χ0n) is 11.8. The van der Waals surface area contributed by atoms with Gasteiger partial charge in [-0.1, -0.05) is 0 Å². The molecule has 0 bridgehead atoms. The number of halogens is 1. The van der Waals surface area contributed by atoms with Crippen LogP contribution in [0.1, 0.15) is 30.9 Å². The van der Waals surface area contributed by atoms with Crippen molar-refractivity contribution in [2.24, 2.45) is 0 Å². The van der Waals surface area contributed by atoms with Crippen LogP contribution in [0.2, 0.25) is 0 Å². The van der Waals surface area contributed by atoms with Crippen LogP contribution in [0.4, 0.5) is 4.39 Å². The van der Waals surface area contributed by atoms with Crippen LogP contribution >= 0.6 is 0 Å². The Bertz CT molecular complexity index is 606. The molecule has 2 aliphatic rings. The number of carboxylic acids is 1. The van der Waals surface area contributed by atoms with Gasteiger partial charge in [-0.05, 0) is 31.0 Å². The molecule has 1 saturated heterocycles. The van der Waals surface area contributed by atoms with Gasteiger partial charge in [0.2, 0.25) is 5.91 Å². The third kappa shape index (κ3) is 2.89. The van der Waals surface area contributed by atoms with Crippen molar-refractivity contribution < 1.29 is 28.6 Å². The molecule has 0 aromatic heterocycles. The van der Waals surface area contributed by atoms with Crippen molar-refractivity contribution in [1.29, 1.82) is 0 Å². The van der Waals surface area contributed by atoms with E-state index in [1.54, 1.807) is 0 Å². The fourth-order valence-corrected chi connectivity index (χ4v) is 2.79. The highest BCUT2D eigenvalue weighted by atomic mass is 19.1. The van der Waals surface area contributed by atoms with Gasteiger partial charge in [0.25, 0.3) is 0 Å². The van der Waals surface area contributed by atoms with Crippen LogP contribution in [0.5, 0.6) is 5.75 Å². The number of carbonyl (C=O) groups is 2. The van der Waals surface area contributed by atoms with E-state index in [1.807, 2.05) is 0 Å². The van der Waals surface area contributed by atoms with E-state index in [2.05, 4.69) is 5.32 Å². The fourth-order valence-electron chi connectivity index (χ4n) is 2.79. The van der Waals surface area contributed by atoms with E-state index >= 15 is 0 Å². The standard InChI is InChI=1S/C15H16FNO5/c16-8-1-2-11-9(7-8)10(5-6-21-11)17-14(18)12-3-4-13(22-12)15(19)20/h1-2,7,10,12-13H,3-6H2,(H,17,18)(H,19,20)/t10?,12-,13+/m0/s1. The second-order valence-electron chi connectivity index (χ2n) is 5.41. The Balaban J connectivity index is 1.68. The highest BCUT2D eigenvalue weighted by molar-refractivity contribution is 5.83. The first-order valence-corrected chi connectivity index (χ1v) is 7.15. The molecule has 7 heteroatoms. The van der Waals surface area contributed by atoms with Crippen LogP contribution in [0.3, 0.4) is 0 Å². The van der Waals surface area contributed by atoms with Crippen molar-refractivity contribution in [2.75, 3.05) is 6.61 Å². The van der Waals surface area contributed by atoms with E-state index < -0.39 is 24.0 Å². The van der Waals surface area contributed by atoms with Crippen molar-refractivity contribution >= 4 is 11.9 Å². The summed E-state index contributed by atoms with van der Waals surface area (Å²) in [6, 6.07) is 3.82. The first-order chi connectivity index (χ1) is 10.5. The van der Waals surface area contributed by atoms with Gasteiger partial charge in [0.05, 0.1) is 12.6 Å². The summed E-state index contributed by atoms with van der Waals surface area (Å²) in [4.78, 5) is 23.1. The van der Waals surface area contributed by atoms with Gasteiger partial charge >= 0.3 is 5.97 Å². The number of fused-ring (bicyclic) bond motifs is 1. The third-order valence-corrected chi connectivity index (χ3v) is 3.92. The second kappa shape index (κ2) is 5.92. The normalized spacial score (nSPS) is 26.9. The van der Waals surface area contributed by atoms with Crippen molar-refractivity contribution in [3.63, 3.8) is 0 Å². The number of nitrogens with one attached hydrogen (secondary N) is 1. The van der Waals surface area contributed by atoms with Crippen LogP contribution in [0, 0.1) is 5.82 Å². The molecule has 2 N–H and O–H groups in total. The Morgan fingerprint density at radius 1 is 1.23 bits per heavy atom. The predicted octanol–water partition coefficient (Wildman–Crippen LogP) is 1.40. The molecule has 0 aliphatic carbocycles. The highest BCUT2D eigenvalue weighted by Gasteiger charge is 2.36. The van der Waals surface area contributed by atoms with Gasteiger partial charge in [-0.2, -0.15) is 0 Å². The van der Waals surface area contributed by atoms with Gasteiger partial charge in [-0.15, -0.1) is 0 Å². The molecular weight excluding hydrogens is 293 g/mol. The minimum absolute atomic E-state index is 0.312. The van der Waals surface area contributed by atoms with E-state index in [4.69, 9.17) is 14.6 Å². The summed E-state index contributed by atoms with van der Waals surface area (Å²) in [7, 11) is 0. The van der Waals surface area contributed by atoms with Gasteiger partial charge in [-0.25, -0.2) is 9.18 Å². The Kier molecular flexibility index (Phi) is 3.98. The molecule has 22 heavy (non-hydrogen) atoms. The molecule has 6 nitrogen and oxygen atoms in total. The zero-order valence-corrected chi connectivity index (χ0v) is 11.8. The Morgan fingerprint density at radius 2 is 2.00 bits per heavy atom. The Hall–Kier alpha value is -2.15. The third-order valence-electron chi connectivity index (χ3n) is 3.92. The SMILES string of the molecule is O=C(NC1CCOc2ccc(F)cc21)[C@@H]1CC[C@H](C(=O)O)O1. The zero-order chi connectivity index (χ0) is 15.7. The number of rotatable bonds is 3. The molecule has 0 spiro atoms. The molecule has 0 radical (unpaired) electrons. The van der Waals surface area contributed by atoms with Crippen molar-refractivity contribution in [2.45, 2.75) is 37.5 Å². The smallest absolute Gasteiger partial charge is 0.332 e. The number of carboxylic acid groups (broad SMARTS) is 1. The van der Waals surface area contributed by atoms with E-state index in [0.717, 1.165) is 0 Å². The summed E-state index contributed by atoms with van der Waals surface area (Å²) in [6.07, 6.45) is -0.512. The summed E-state index contributed by atoms with van der Waals surface area (Å²) >= 11 is 0. The average molecular weight is 309 g/mol. The summed E-state index contributed by atoms with van der Waals surface area (Å²) < 4.78 is 24.0. The molecule has 1 amide bonds. The van der Waals surface area contributed by atoms with E-state index in [9.17, 15) is 14.0 Å². The molecule has 2 heterocycles. The summed E-state index contributed by atoms with van der Waals surface area (Å²) in [6.45, 7) is 0.423. The largest absolute Gasteiger partial charge is 0.493 e. The van der Waals surface area contributed by atoms with E-state index in [-0.39, 0.29) is 11.9 Å². The summed E-state index contributed by atoms with van der Waals surface area (Å²) in [5.74, 6) is -1.28. The monoisotopic (exact) mass is 309 g/mol. The van der Waals surface area contributed by atoms with Crippen molar-refractivity contribution in [3.05, 3.63) is 29.6 Å². The summed E-state index contributed by atoms with van der Waals surface area (Å²) in [5.41, 5.74) is 0.590. The minimum atomic E-state index is -1.06. The highest BCUT2D eigenvalue weighted by Crippen LogP contribution is 2.33. The fraction of sp³-hybridized carbons (Fsp3) is 0.467. The quantitative estimate of drug-likeness (QED) is 0.881. The number of ether oxygens (including phenoxy) is 2. The Labute approximate surface area is 126 Å². The van der Waals surface area contributed by atoms with Crippen LogP contribution in [-0.4, -0.2) is 35.8 Å². The topological polar surface area (TPSA) is 84.9 Å². The molecule has 1 aromatic carbocycles. The lowest BCUT2D eigenvalue weighted by Crippen LogP contribution is -2.39. The van der Waals surface area contributed by atoms with Gasteiger partial charge in [0.15, 0.2) is 6.10 Å². The van der Waals surface area contributed by atoms with E-state index in [1.165, 1.54) is 18.2 Å². The predicted molar refractivity (Wildman–Crippen MR) is 72.9 cm³/mol. The van der Waals surface area contributed by atoms with Crippen LogP contribution in [0.15, 0.2) is 18.2 Å². The number of benzene rings is 1. The summed E-state index contributed by atoms with van der Waals surface area (Å²) in [5, 5.41) is 11.7. The molecule has 3 atom stereocenters. The van der Waals surface area contributed by atoms with Crippen molar-refractivity contribution in [3.8, 4) is 5.75 Å². The van der Waals surface area contributed by atoms with Gasteiger partial charge in [-0.3, -0.25) is 4.79 Å². The lowest BCUT2D eigenvalue weighted by atomic mass is 10.00. The molecule has 0 saturated carbocycles. The maximum Gasteiger partial charge on any atom is 0.332 e. The number of carbonyl (C=O) groups excluding carboxylic acids is 1. The van der Waals surface area contributed by atoms with Crippen molar-refractivity contribution in [1.82, 2.24) is 5.32 Å². The minimum Gasteiger partial charge on any atom is -0.493 e. The number of aliphatic carboxylic acids is 1. The Morgan fingerprint density at radius 3 is 2.73 bits per heavy atom. The molecular formula is C15H16FNO5. The first-order valence-electron chi connectivity index (χ1n) is 7.15. The molecule has 1 unspecified atom stereocenters. The molecule has 1 fully saturated rings. The van der Waals surface area contributed by atoms with Gasteiger partial charge < -0.3 is 19.9 Å².